The summed E-state index contributed by atoms with van der Waals surface area (Å²) in [5.41, 5.74) is 0.819. The van der Waals surface area contributed by atoms with Crippen molar-refractivity contribution in [1.29, 1.82) is 0 Å². The first kappa shape index (κ1) is 7.53. The van der Waals surface area contributed by atoms with Crippen LogP contribution < -0.4 is 0 Å². The van der Waals surface area contributed by atoms with Crippen LogP contribution in [0.5, 0.6) is 0 Å². The molecule has 2 heterocycles. The van der Waals surface area contributed by atoms with E-state index < -0.39 is 0 Å². The quantitative estimate of drug-likeness (QED) is 0.541. The largest absolute Gasteiger partial charge is 0.360 e. The molecule has 0 spiro atoms. The number of hydrogen-bond donors (Lipinski definition) is 0. The second-order valence-electron chi connectivity index (χ2n) is 3.21. The van der Waals surface area contributed by atoms with E-state index in [0.29, 0.717) is 0 Å². The molecule has 0 bridgehead atoms. The Morgan fingerprint density at radius 1 is 1.42 bits per heavy atom. The van der Waals surface area contributed by atoms with Gasteiger partial charge in [0.15, 0.2) is 0 Å². The van der Waals surface area contributed by atoms with E-state index in [1.165, 1.54) is 6.42 Å². The van der Waals surface area contributed by atoms with Crippen LogP contribution in [0.25, 0.3) is 0 Å². The van der Waals surface area contributed by atoms with E-state index in [2.05, 4.69) is 9.89 Å². The fraction of sp³-hybridized carbons (Fsp3) is 0.556. The Morgan fingerprint density at radius 3 is 2.67 bits per heavy atom. The Morgan fingerprint density at radius 2 is 2.25 bits per heavy atom. The molecule has 0 radical (unpaired) electrons. The molecule has 0 aromatic carbocycles. The van der Waals surface area contributed by atoms with Crippen molar-refractivity contribution in [1.82, 2.24) is 4.90 Å². The first-order valence-electron chi connectivity index (χ1n) is 4.36. The lowest BCUT2D eigenvalue weighted by Crippen LogP contribution is -2.42. The molecule has 2 aliphatic heterocycles. The fourth-order valence-corrected chi connectivity index (χ4v) is 1.45. The van der Waals surface area contributed by atoms with Gasteiger partial charge in [-0.25, -0.2) is 4.99 Å². The van der Waals surface area contributed by atoms with Crippen LogP contribution >= 0.6 is 0 Å². The number of aldehydes is 1. The zero-order valence-corrected chi connectivity index (χ0v) is 6.99. The predicted octanol–water partition coefficient (Wildman–Crippen LogP) is 0.967. The molecule has 1 fully saturated rings. The van der Waals surface area contributed by atoms with Crippen molar-refractivity contribution >= 4 is 12.1 Å². The van der Waals surface area contributed by atoms with Crippen molar-refractivity contribution in [3.63, 3.8) is 0 Å². The molecule has 64 valence electrons. The van der Waals surface area contributed by atoms with Crippen LogP contribution in [0.4, 0.5) is 0 Å². The summed E-state index contributed by atoms with van der Waals surface area (Å²) in [5.74, 6) is 1.16. The Kier molecular flexibility index (Phi) is 1.94. The summed E-state index contributed by atoms with van der Waals surface area (Å²) in [6.07, 6.45) is 5.67. The van der Waals surface area contributed by atoms with Gasteiger partial charge < -0.3 is 4.90 Å². The van der Waals surface area contributed by atoms with Crippen molar-refractivity contribution in [2.75, 3.05) is 13.1 Å². The first-order chi connectivity index (χ1) is 5.90. The molecule has 0 aromatic heterocycles. The number of nitrogens with zero attached hydrogens (tertiary/aromatic N) is 2. The lowest BCUT2D eigenvalue weighted by molar-refractivity contribution is -0.105. The minimum absolute atomic E-state index is 0.819. The third-order valence-electron chi connectivity index (χ3n) is 2.39. The number of carbonyl (C=O) groups is 1. The van der Waals surface area contributed by atoms with Crippen molar-refractivity contribution in [2.45, 2.75) is 19.3 Å². The molecule has 0 aliphatic carbocycles. The summed E-state index contributed by atoms with van der Waals surface area (Å²) >= 11 is 0. The van der Waals surface area contributed by atoms with E-state index in [1.807, 2.05) is 0 Å². The minimum atomic E-state index is 0.819. The Bertz CT molecular complexity index is 251. The molecule has 0 N–H and O–H groups in total. The molecular weight excluding hydrogens is 152 g/mol. The second-order valence-corrected chi connectivity index (χ2v) is 3.21. The molecule has 12 heavy (non-hydrogen) atoms. The van der Waals surface area contributed by atoms with Crippen LogP contribution in [0.15, 0.2) is 16.8 Å². The molecule has 2 aliphatic rings. The summed E-state index contributed by atoms with van der Waals surface area (Å²) in [7, 11) is 0. The Hall–Kier alpha value is -1.12. The minimum Gasteiger partial charge on any atom is -0.360 e. The van der Waals surface area contributed by atoms with Gasteiger partial charge in [0, 0.05) is 31.3 Å². The lowest BCUT2D eigenvalue weighted by Gasteiger charge is -2.34. The van der Waals surface area contributed by atoms with Gasteiger partial charge in [0.2, 0.25) is 0 Å². The van der Waals surface area contributed by atoms with Crippen LogP contribution in [-0.4, -0.2) is 30.1 Å². The highest BCUT2D eigenvalue weighted by Crippen LogP contribution is 2.16. The molecule has 0 amide bonds. The van der Waals surface area contributed by atoms with Gasteiger partial charge in [-0.1, -0.05) is 0 Å². The molecular formula is C9H12N2O. The van der Waals surface area contributed by atoms with E-state index in [1.54, 1.807) is 6.20 Å². The maximum atomic E-state index is 10.4. The summed E-state index contributed by atoms with van der Waals surface area (Å²) in [6.45, 7) is 2.28. The molecule has 3 heteroatoms. The highest BCUT2D eigenvalue weighted by molar-refractivity contribution is 5.87. The smallest absolute Gasteiger partial charge is 0.147 e. The number of hydrogen-bond acceptors (Lipinski definition) is 3. The predicted molar refractivity (Wildman–Crippen MR) is 47.0 cm³/mol. The van der Waals surface area contributed by atoms with Crippen LogP contribution in [-0.2, 0) is 4.79 Å². The molecule has 0 atom stereocenters. The van der Waals surface area contributed by atoms with E-state index in [4.69, 9.17) is 0 Å². The second kappa shape index (κ2) is 3.09. The molecule has 1 saturated heterocycles. The summed E-state index contributed by atoms with van der Waals surface area (Å²) < 4.78 is 0. The zero-order valence-electron chi connectivity index (χ0n) is 6.99. The number of likely N-dealkylation sites (tertiary alicyclic amines) is 1. The van der Waals surface area contributed by atoms with Crippen LogP contribution in [0.3, 0.4) is 0 Å². The monoisotopic (exact) mass is 164 g/mol. The van der Waals surface area contributed by atoms with E-state index in [9.17, 15) is 4.79 Å². The van der Waals surface area contributed by atoms with Gasteiger partial charge in [0.05, 0.1) is 0 Å². The molecule has 0 unspecified atom stereocenters. The maximum absolute atomic E-state index is 10.4. The number of rotatable bonds is 1. The molecule has 2 rings (SSSR count). The highest BCUT2D eigenvalue weighted by Gasteiger charge is 2.19. The van der Waals surface area contributed by atoms with Gasteiger partial charge in [0.25, 0.3) is 0 Å². The Labute approximate surface area is 71.8 Å². The van der Waals surface area contributed by atoms with Crippen LogP contribution in [0, 0.1) is 0 Å². The van der Waals surface area contributed by atoms with E-state index in [-0.39, 0.29) is 0 Å². The van der Waals surface area contributed by atoms with Gasteiger partial charge in [-0.3, -0.25) is 4.79 Å². The standard InChI is InChI=1S/C9H12N2O/c12-7-8-2-3-9(10-6-8)11-4-1-5-11/h6-7H,1-5H2. The number of carbonyl (C=O) groups excluding carboxylic acids is 1. The average molecular weight is 164 g/mol. The lowest BCUT2D eigenvalue weighted by atomic mass is 10.1. The molecule has 0 aromatic rings. The number of allylic oxidation sites excluding steroid dienone is 1. The topological polar surface area (TPSA) is 32.7 Å². The van der Waals surface area contributed by atoms with Crippen LogP contribution in [0.2, 0.25) is 0 Å². The van der Waals surface area contributed by atoms with Gasteiger partial charge in [0.1, 0.15) is 12.1 Å². The zero-order chi connectivity index (χ0) is 8.39. The summed E-state index contributed by atoms with van der Waals surface area (Å²) in [6, 6.07) is 0. The highest BCUT2D eigenvalue weighted by atomic mass is 16.1. The van der Waals surface area contributed by atoms with Crippen molar-refractivity contribution in [3.05, 3.63) is 11.8 Å². The van der Waals surface area contributed by atoms with E-state index >= 15 is 0 Å². The van der Waals surface area contributed by atoms with Gasteiger partial charge in [-0.05, 0) is 12.8 Å². The molecule has 0 saturated carbocycles. The normalized spacial score (nSPS) is 22.5. The third-order valence-corrected chi connectivity index (χ3v) is 2.39. The number of amidine groups is 1. The molecule has 3 nitrogen and oxygen atoms in total. The van der Waals surface area contributed by atoms with Crippen LogP contribution in [0.1, 0.15) is 19.3 Å². The average Bonchev–Trinajstić information content (AvgIpc) is 2.03. The fourth-order valence-electron chi connectivity index (χ4n) is 1.45. The maximum Gasteiger partial charge on any atom is 0.147 e. The van der Waals surface area contributed by atoms with Gasteiger partial charge in [-0.15, -0.1) is 0 Å². The van der Waals surface area contributed by atoms with Crippen molar-refractivity contribution in [3.8, 4) is 0 Å². The first-order valence-corrected chi connectivity index (χ1v) is 4.36. The third kappa shape index (κ3) is 1.26. The van der Waals surface area contributed by atoms with Crippen molar-refractivity contribution < 1.29 is 4.79 Å². The van der Waals surface area contributed by atoms with Gasteiger partial charge in [-0.2, -0.15) is 0 Å². The van der Waals surface area contributed by atoms with Crippen molar-refractivity contribution in [2.24, 2.45) is 4.99 Å². The summed E-state index contributed by atoms with van der Waals surface area (Å²) in [5, 5.41) is 0. The Balaban J connectivity index is 2.04. The van der Waals surface area contributed by atoms with Gasteiger partial charge >= 0.3 is 0 Å². The number of aliphatic imine (C=N–C) groups is 1. The SMILES string of the molecule is O=CC1=CN=C(N2CCC2)CC1. The summed E-state index contributed by atoms with van der Waals surface area (Å²) in [4.78, 5) is 16.9. The van der Waals surface area contributed by atoms with E-state index in [0.717, 1.165) is 43.6 Å².